The fraction of sp³-hybridized carbons (Fsp3) is 0.938. The second-order valence-corrected chi connectivity index (χ2v) is 15.0. The van der Waals surface area contributed by atoms with Crippen LogP contribution in [0.25, 0.3) is 0 Å². The van der Waals surface area contributed by atoms with E-state index in [2.05, 4.69) is 25.8 Å². The smallest absolute Gasteiger partial charge is 0.302 e. The summed E-state index contributed by atoms with van der Waals surface area (Å²) in [6.07, 6.45) is 16.0. The molecule has 37 heavy (non-hydrogen) atoms. The molecule has 0 N–H and O–H groups in total. The summed E-state index contributed by atoms with van der Waals surface area (Å²) in [7, 11) is 2.40. The number of carbonyl (C=O) groups is 2. The van der Waals surface area contributed by atoms with Gasteiger partial charge < -0.3 is 9.22 Å². The van der Waals surface area contributed by atoms with E-state index in [0.717, 1.165) is 36.8 Å². The van der Waals surface area contributed by atoms with Gasteiger partial charge in [0.05, 0.1) is 20.1 Å². The number of fused-ring (bicyclic) bond motifs is 5. The molecule has 0 amide bonds. The van der Waals surface area contributed by atoms with Gasteiger partial charge in [0.25, 0.3) is 0 Å². The Hall–Kier alpha value is -0.940. The van der Waals surface area contributed by atoms with Crippen LogP contribution >= 0.6 is 0 Å². The van der Waals surface area contributed by atoms with Crippen molar-refractivity contribution in [2.24, 2.45) is 34.5 Å². The average Bonchev–Trinajstić information content (AvgIpc) is 3.16. The second kappa shape index (κ2) is 9.61. The number of likely N-dealkylation sites (N-methyl/N-ethyl adjacent to an activating group) is 1. The monoisotopic (exact) mass is 513 g/mol. The minimum absolute atomic E-state index is 0.0556. The fourth-order valence-electron chi connectivity index (χ4n) is 11.1. The minimum Gasteiger partial charge on any atom is -0.461 e. The summed E-state index contributed by atoms with van der Waals surface area (Å²) in [5.74, 6) is 3.13. The van der Waals surface area contributed by atoms with Gasteiger partial charge in [0.1, 0.15) is 12.1 Å². The van der Waals surface area contributed by atoms with Gasteiger partial charge in [-0.2, -0.15) is 0 Å². The number of rotatable bonds is 3. The van der Waals surface area contributed by atoms with E-state index in [9.17, 15) is 9.59 Å². The van der Waals surface area contributed by atoms with Crippen LogP contribution in [0.5, 0.6) is 0 Å². The molecule has 2 saturated heterocycles. The molecule has 5 heteroatoms. The van der Waals surface area contributed by atoms with Gasteiger partial charge >= 0.3 is 5.97 Å². The largest absolute Gasteiger partial charge is 0.461 e. The van der Waals surface area contributed by atoms with Gasteiger partial charge in [-0.25, -0.2) is 0 Å². The van der Waals surface area contributed by atoms with Gasteiger partial charge in [-0.15, -0.1) is 0 Å². The van der Waals surface area contributed by atoms with Crippen molar-refractivity contribution >= 4 is 11.8 Å². The number of hydrogen-bond acceptors (Lipinski definition) is 4. The molecule has 4 saturated carbocycles. The van der Waals surface area contributed by atoms with Crippen molar-refractivity contribution in [3.05, 3.63) is 0 Å². The number of hydrogen-bond donors (Lipinski definition) is 0. The number of ketones is 1. The Morgan fingerprint density at radius 1 is 0.946 bits per heavy atom. The van der Waals surface area contributed by atoms with Crippen molar-refractivity contribution < 1.29 is 18.8 Å². The minimum atomic E-state index is -0.109. The maximum atomic E-state index is 14.1. The number of Topliss-reactive ketones (excluding diaryl/α,β-unsaturated/α-hetero) is 1. The maximum Gasteiger partial charge on any atom is 0.302 e. The van der Waals surface area contributed by atoms with Crippen LogP contribution in [0.3, 0.4) is 0 Å². The average molecular weight is 514 g/mol. The molecule has 2 aliphatic heterocycles. The first-order valence-electron chi connectivity index (χ1n) is 16.0. The molecule has 4 aliphatic carbocycles. The molecule has 0 aromatic heterocycles. The molecule has 6 rings (SSSR count). The molecule has 9 atom stereocenters. The van der Waals surface area contributed by atoms with Crippen molar-refractivity contribution in [3.63, 3.8) is 0 Å². The molecular weight excluding hydrogens is 460 g/mol. The molecule has 0 bridgehead atoms. The van der Waals surface area contributed by atoms with E-state index in [0.29, 0.717) is 40.9 Å². The van der Waals surface area contributed by atoms with E-state index in [1.54, 1.807) is 6.92 Å². The summed E-state index contributed by atoms with van der Waals surface area (Å²) in [6.45, 7) is 11.3. The van der Waals surface area contributed by atoms with Crippen LogP contribution in [0.4, 0.5) is 0 Å². The third-order valence-electron chi connectivity index (χ3n) is 13.2. The van der Waals surface area contributed by atoms with Gasteiger partial charge in [0.15, 0.2) is 5.78 Å². The standard InChI is InChI=1S/C32H53N2O3/c1-22(35)37-29-19-23-11-12-24-25(32(23,3)21-27(29)33-15-7-5-8-16-33)13-14-31(2)26(24)20-28(30(31)36)34(4)17-9-6-10-18-34/h23-29H,5-21H2,1-4H3/q+1/t23-,24+,25-,26-,27-,28-,29-,31-,32-/m0/s1. The summed E-state index contributed by atoms with van der Waals surface area (Å²) in [5, 5.41) is 0. The van der Waals surface area contributed by atoms with Crippen molar-refractivity contribution in [1.29, 1.82) is 0 Å². The van der Waals surface area contributed by atoms with Gasteiger partial charge in [-0.1, -0.05) is 20.3 Å². The highest BCUT2D eigenvalue weighted by Gasteiger charge is 2.66. The van der Waals surface area contributed by atoms with Gasteiger partial charge in [0.2, 0.25) is 0 Å². The Kier molecular flexibility index (Phi) is 6.83. The van der Waals surface area contributed by atoms with Crippen molar-refractivity contribution in [2.45, 2.75) is 122 Å². The topological polar surface area (TPSA) is 46.6 Å². The first-order chi connectivity index (χ1) is 17.7. The zero-order valence-corrected chi connectivity index (χ0v) is 24.2. The molecule has 5 nitrogen and oxygen atoms in total. The number of carbonyl (C=O) groups excluding carboxylic acids is 2. The summed E-state index contributed by atoms with van der Waals surface area (Å²) in [6, 6.07) is 0.605. The van der Waals surface area contributed by atoms with Crippen molar-refractivity contribution in [1.82, 2.24) is 4.90 Å². The number of esters is 1. The third kappa shape index (κ3) is 4.24. The highest BCUT2D eigenvalue weighted by atomic mass is 16.5. The molecule has 0 radical (unpaired) electrons. The Balaban J connectivity index is 1.26. The van der Waals surface area contributed by atoms with Crippen molar-refractivity contribution in [2.75, 3.05) is 33.2 Å². The van der Waals surface area contributed by atoms with Crippen LogP contribution in [0.1, 0.15) is 104 Å². The third-order valence-corrected chi connectivity index (χ3v) is 13.2. The van der Waals surface area contributed by atoms with Gasteiger partial charge in [-0.05, 0) is 113 Å². The molecular formula is C32H53N2O3+. The summed E-state index contributed by atoms with van der Waals surface area (Å²) in [5.41, 5.74) is 0.197. The zero-order valence-electron chi connectivity index (χ0n) is 24.2. The molecule has 2 heterocycles. The van der Waals surface area contributed by atoms with E-state index >= 15 is 0 Å². The molecule has 6 fully saturated rings. The van der Waals surface area contributed by atoms with E-state index in [1.807, 2.05) is 0 Å². The summed E-state index contributed by atoms with van der Waals surface area (Å²) >= 11 is 0. The Morgan fingerprint density at radius 3 is 2.35 bits per heavy atom. The highest BCUT2D eigenvalue weighted by molar-refractivity contribution is 5.91. The first-order valence-corrected chi connectivity index (χ1v) is 16.0. The normalized spacial score (nSPS) is 48.0. The fourth-order valence-corrected chi connectivity index (χ4v) is 11.1. The lowest BCUT2D eigenvalue weighted by Crippen LogP contribution is -2.60. The Bertz CT molecular complexity index is 892. The van der Waals surface area contributed by atoms with Crippen LogP contribution in [-0.2, 0) is 14.3 Å². The number of nitrogens with zero attached hydrogens (tertiary/aromatic N) is 2. The van der Waals surface area contributed by atoms with E-state index in [4.69, 9.17) is 4.74 Å². The van der Waals surface area contributed by atoms with Crippen LogP contribution in [0.15, 0.2) is 0 Å². The Morgan fingerprint density at radius 2 is 1.65 bits per heavy atom. The molecule has 0 unspecified atom stereocenters. The predicted octanol–water partition coefficient (Wildman–Crippen LogP) is 5.60. The number of piperidine rings is 2. The summed E-state index contributed by atoms with van der Waals surface area (Å²) in [4.78, 5) is 28.9. The molecule has 208 valence electrons. The lowest BCUT2D eigenvalue weighted by molar-refractivity contribution is -0.928. The molecule has 0 aromatic carbocycles. The quantitative estimate of drug-likeness (QED) is 0.364. The molecule has 6 aliphatic rings. The number of ether oxygens (including phenoxy) is 1. The zero-order chi connectivity index (χ0) is 26.0. The van der Waals surface area contributed by atoms with Crippen LogP contribution in [0.2, 0.25) is 0 Å². The van der Waals surface area contributed by atoms with Crippen LogP contribution in [0, 0.1) is 34.5 Å². The van der Waals surface area contributed by atoms with Crippen molar-refractivity contribution in [3.8, 4) is 0 Å². The van der Waals surface area contributed by atoms with E-state index in [1.165, 1.54) is 77.3 Å². The van der Waals surface area contributed by atoms with Crippen LogP contribution in [-0.4, -0.2) is 72.5 Å². The first kappa shape index (κ1) is 26.3. The van der Waals surface area contributed by atoms with E-state index < -0.39 is 0 Å². The molecule has 0 spiro atoms. The van der Waals surface area contributed by atoms with Gasteiger partial charge in [0, 0.05) is 24.8 Å². The summed E-state index contributed by atoms with van der Waals surface area (Å²) < 4.78 is 7.07. The molecule has 0 aromatic rings. The lowest BCUT2D eigenvalue weighted by atomic mass is 9.44. The maximum absolute atomic E-state index is 14.1. The SMILES string of the molecule is CC(=O)O[C@H]1C[C@@H]2CC[C@@H]3[C@H](CC[C@]4(C)C(=O)[C@@H]([N+]5(C)CCCCC5)C[C@@H]34)[C@@]2(C)C[C@@H]1N1CCCCC1. The number of quaternary nitrogens is 1. The second-order valence-electron chi connectivity index (χ2n) is 15.0. The lowest BCUT2D eigenvalue weighted by Gasteiger charge is -2.62. The van der Waals surface area contributed by atoms with Crippen LogP contribution < -0.4 is 0 Å². The highest BCUT2D eigenvalue weighted by Crippen LogP contribution is 2.66. The number of likely N-dealkylation sites (tertiary alicyclic amines) is 2. The predicted molar refractivity (Wildman–Crippen MR) is 146 cm³/mol. The van der Waals surface area contributed by atoms with E-state index in [-0.39, 0.29) is 23.5 Å². The Labute approximate surface area is 225 Å². The van der Waals surface area contributed by atoms with Gasteiger partial charge in [-0.3, -0.25) is 14.5 Å².